The number of benzene rings is 6. The third-order valence-electron chi connectivity index (χ3n) is 15.8. The largest absolute Gasteiger partial charge is 0.457 e. The molecule has 0 saturated heterocycles. The molecule has 4 aliphatic carbocycles. The summed E-state index contributed by atoms with van der Waals surface area (Å²) in [5, 5.41) is 2.41. The molecule has 5 aliphatic rings. The molecule has 0 N–H and O–H groups in total. The van der Waals surface area contributed by atoms with Gasteiger partial charge in [0.2, 0.25) is 0 Å². The molecule has 5 nitrogen and oxygen atoms in total. The molecule has 326 valence electrons. The maximum absolute atomic E-state index is 6.88. The molecular weight excluding hydrogens is 793 g/mol. The maximum atomic E-state index is 6.88. The smallest absolute Gasteiger partial charge is 0.137 e. The number of hydrogen-bond acceptors (Lipinski definition) is 4. The van der Waals surface area contributed by atoms with Gasteiger partial charge in [-0.1, -0.05) is 126 Å². The third-order valence-corrected chi connectivity index (χ3v) is 15.8. The Morgan fingerprint density at radius 3 is 1.85 bits per heavy atom. The lowest BCUT2D eigenvalue weighted by Gasteiger charge is -2.62. The van der Waals surface area contributed by atoms with Crippen molar-refractivity contribution in [3.05, 3.63) is 180 Å². The highest BCUT2D eigenvalue weighted by Crippen LogP contribution is 2.65. The fourth-order valence-corrected chi connectivity index (χ4v) is 13.3. The van der Waals surface area contributed by atoms with Crippen LogP contribution in [0.3, 0.4) is 0 Å². The van der Waals surface area contributed by atoms with E-state index in [2.05, 4.69) is 214 Å². The van der Waals surface area contributed by atoms with E-state index in [0.29, 0.717) is 18.5 Å². The number of pyridine rings is 1. The summed E-state index contributed by atoms with van der Waals surface area (Å²) in [4.78, 5) is 10.1. The molecule has 3 heterocycles. The van der Waals surface area contributed by atoms with Crippen LogP contribution >= 0.6 is 0 Å². The van der Waals surface area contributed by atoms with Crippen molar-refractivity contribution in [2.24, 2.45) is 23.7 Å². The van der Waals surface area contributed by atoms with Crippen LogP contribution in [-0.2, 0) is 16.2 Å². The van der Waals surface area contributed by atoms with Gasteiger partial charge in [-0.3, -0.25) is 4.57 Å². The summed E-state index contributed by atoms with van der Waals surface area (Å²) in [5.41, 5.74) is 12.6. The Morgan fingerprint density at radius 2 is 1.14 bits per heavy atom. The lowest BCUT2D eigenvalue weighted by Crippen LogP contribution is -2.56. The average Bonchev–Trinajstić information content (AvgIpc) is 3.85. The molecule has 0 amide bonds. The Kier molecular flexibility index (Phi) is 9.19. The van der Waals surface area contributed by atoms with Crippen LogP contribution in [0.1, 0.15) is 95.9 Å². The number of nitrogens with zero attached hydrogens (tertiary/aromatic N) is 4. The van der Waals surface area contributed by atoms with E-state index in [-0.39, 0.29) is 16.2 Å². The zero-order valence-electron chi connectivity index (χ0n) is 38.8. The highest BCUT2D eigenvalue weighted by atomic mass is 16.5. The van der Waals surface area contributed by atoms with Crippen molar-refractivity contribution in [2.45, 2.75) is 89.9 Å². The van der Waals surface area contributed by atoms with Crippen molar-refractivity contribution in [3.63, 3.8) is 0 Å². The zero-order chi connectivity index (χ0) is 44.2. The molecule has 5 heteroatoms. The first-order chi connectivity index (χ1) is 31.4. The summed E-state index contributed by atoms with van der Waals surface area (Å²) in [7, 11) is 0. The van der Waals surface area contributed by atoms with Crippen molar-refractivity contribution in [3.8, 4) is 17.3 Å². The normalized spacial score (nSPS) is 22.6. The van der Waals surface area contributed by atoms with Gasteiger partial charge in [-0.2, -0.15) is 0 Å². The molecule has 13 rings (SSSR count). The van der Waals surface area contributed by atoms with Gasteiger partial charge in [0.25, 0.3) is 0 Å². The molecule has 1 aliphatic heterocycles. The minimum absolute atomic E-state index is 0.00214. The Hall–Kier alpha value is -6.33. The van der Waals surface area contributed by atoms with Crippen LogP contribution < -0.4 is 14.5 Å². The molecule has 65 heavy (non-hydrogen) atoms. The molecule has 4 saturated carbocycles. The minimum Gasteiger partial charge on any atom is -0.457 e. The molecule has 0 radical (unpaired) electrons. The molecule has 0 spiro atoms. The second-order valence-electron chi connectivity index (χ2n) is 21.8. The van der Waals surface area contributed by atoms with E-state index < -0.39 is 0 Å². The van der Waals surface area contributed by atoms with Crippen LogP contribution in [0.4, 0.5) is 22.7 Å². The number of aromatic nitrogens is 2. The summed E-state index contributed by atoms with van der Waals surface area (Å²) in [6.45, 7) is 14.7. The fourth-order valence-electron chi connectivity index (χ4n) is 13.3. The van der Waals surface area contributed by atoms with E-state index in [1.165, 1.54) is 82.2 Å². The van der Waals surface area contributed by atoms with E-state index in [4.69, 9.17) is 9.72 Å². The van der Waals surface area contributed by atoms with Crippen molar-refractivity contribution in [1.29, 1.82) is 0 Å². The van der Waals surface area contributed by atoms with Gasteiger partial charge in [-0.15, -0.1) is 0 Å². The van der Waals surface area contributed by atoms with E-state index in [1.807, 2.05) is 0 Å². The van der Waals surface area contributed by atoms with Crippen LogP contribution in [0.5, 0.6) is 11.5 Å². The number of fused-ring (bicyclic) bond motifs is 4. The Labute approximate surface area is 384 Å². The van der Waals surface area contributed by atoms with E-state index in [0.717, 1.165) is 45.9 Å². The molecule has 2 aromatic heterocycles. The standard InChI is InChI=1S/C60H60N4O/c1-58(2,3)50-21-15-22-51(59(4,5)6)57(50)63-38-62(53-24-12-13-25-54(53)63)45-18-14-19-46(36-45)65-47-26-27-49-48-20-10-11-23-52(48)64(55(49)37-47)56-35-42(28-29-61-56)60(41-16-8-7-9-17-41)43-31-39-30-40(33-43)34-44(60)32-39/h7-29,35-37,39-40,43-44H,30-34,38H2,1-6H3. The summed E-state index contributed by atoms with van der Waals surface area (Å²) >= 11 is 0. The van der Waals surface area contributed by atoms with Gasteiger partial charge in [-0.05, 0) is 143 Å². The SMILES string of the molecule is CC(C)(C)c1cccc(C(C)(C)C)c1N1CN(c2cccc(Oc3ccc4c5ccccc5n(-c5cc(C6(c7ccccc7)C7CC8CC(C7)CC6C8)ccn5)c4c3)c2)c2ccccc21. The van der Waals surface area contributed by atoms with Crippen molar-refractivity contribution in [1.82, 2.24) is 9.55 Å². The molecule has 4 bridgehead atoms. The topological polar surface area (TPSA) is 33.5 Å². The van der Waals surface area contributed by atoms with Crippen LogP contribution in [0.15, 0.2) is 158 Å². The minimum atomic E-state index is -0.0303. The number of rotatable bonds is 7. The zero-order valence-corrected chi connectivity index (χ0v) is 38.8. The summed E-state index contributed by atoms with van der Waals surface area (Å²) in [6.07, 6.45) is 8.86. The Bertz CT molecular complexity index is 3050. The van der Waals surface area contributed by atoms with Crippen LogP contribution in [0.2, 0.25) is 0 Å². The van der Waals surface area contributed by atoms with Gasteiger partial charge in [-0.25, -0.2) is 4.98 Å². The number of hydrogen-bond donors (Lipinski definition) is 0. The number of para-hydroxylation sites is 4. The van der Waals surface area contributed by atoms with Crippen molar-refractivity contribution in [2.75, 3.05) is 16.5 Å². The Balaban J connectivity index is 0.919. The number of anilines is 4. The molecule has 0 unspecified atom stereocenters. The third kappa shape index (κ3) is 6.43. The molecular formula is C60H60N4O. The highest BCUT2D eigenvalue weighted by Gasteiger charge is 2.58. The molecule has 0 atom stereocenters. The average molecular weight is 853 g/mol. The van der Waals surface area contributed by atoms with E-state index >= 15 is 0 Å². The molecule has 6 aromatic carbocycles. The number of ether oxygens (including phenoxy) is 1. The van der Waals surface area contributed by atoms with Crippen molar-refractivity contribution < 1.29 is 4.74 Å². The quantitative estimate of drug-likeness (QED) is 0.160. The van der Waals surface area contributed by atoms with Gasteiger partial charge in [0.15, 0.2) is 0 Å². The van der Waals surface area contributed by atoms with Gasteiger partial charge in [0.1, 0.15) is 24.0 Å². The second kappa shape index (κ2) is 14.9. The van der Waals surface area contributed by atoms with Crippen LogP contribution in [-0.4, -0.2) is 16.2 Å². The first-order valence-electron chi connectivity index (χ1n) is 24.1. The van der Waals surface area contributed by atoms with E-state index in [9.17, 15) is 0 Å². The maximum Gasteiger partial charge on any atom is 0.137 e. The predicted octanol–water partition coefficient (Wildman–Crippen LogP) is 15.6. The first kappa shape index (κ1) is 40.2. The van der Waals surface area contributed by atoms with E-state index in [1.54, 1.807) is 0 Å². The first-order valence-corrected chi connectivity index (χ1v) is 24.1. The van der Waals surface area contributed by atoms with Gasteiger partial charge < -0.3 is 14.5 Å². The van der Waals surface area contributed by atoms with Crippen LogP contribution in [0, 0.1) is 23.7 Å². The van der Waals surface area contributed by atoms with Gasteiger partial charge in [0.05, 0.1) is 28.1 Å². The summed E-state index contributed by atoms with van der Waals surface area (Å²) < 4.78 is 9.26. The van der Waals surface area contributed by atoms with Crippen molar-refractivity contribution >= 4 is 44.6 Å². The fraction of sp³-hybridized carbons (Fsp3) is 0.317. The van der Waals surface area contributed by atoms with Crippen LogP contribution in [0.25, 0.3) is 27.6 Å². The highest BCUT2D eigenvalue weighted by molar-refractivity contribution is 6.09. The summed E-state index contributed by atoms with van der Waals surface area (Å²) in [6, 6.07) is 56.0. The Morgan fingerprint density at radius 1 is 0.523 bits per heavy atom. The van der Waals surface area contributed by atoms with Gasteiger partial charge >= 0.3 is 0 Å². The second-order valence-corrected chi connectivity index (χ2v) is 21.8. The lowest BCUT2D eigenvalue weighted by molar-refractivity contribution is -0.0418. The van der Waals surface area contributed by atoms with Gasteiger partial charge in [0, 0.05) is 40.2 Å². The molecule has 8 aromatic rings. The summed E-state index contributed by atoms with van der Waals surface area (Å²) in [5.74, 6) is 5.64. The predicted molar refractivity (Wildman–Crippen MR) is 269 cm³/mol. The lowest BCUT2D eigenvalue weighted by atomic mass is 9.42. The monoisotopic (exact) mass is 852 g/mol. The molecule has 4 fully saturated rings.